The fourth-order valence-electron chi connectivity index (χ4n) is 0.943. The van der Waals surface area contributed by atoms with E-state index >= 15 is 0 Å². The number of nitrogen functional groups attached to an aromatic ring is 1. The van der Waals surface area contributed by atoms with E-state index in [1.165, 1.54) is 12.1 Å². The maximum absolute atomic E-state index is 13.3. The van der Waals surface area contributed by atoms with Crippen LogP contribution < -0.4 is 11.1 Å². The number of nitrogens with one attached hydrogen (secondary N) is 1. The van der Waals surface area contributed by atoms with E-state index in [1.54, 1.807) is 26.8 Å². The van der Waals surface area contributed by atoms with Gasteiger partial charge in [-0.3, -0.25) is 4.79 Å². The summed E-state index contributed by atoms with van der Waals surface area (Å²) in [5.74, 6) is -0.751. The van der Waals surface area contributed by atoms with Crippen molar-refractivity contribution in [3.8, 4) is 0 Å². The molecule has 1 aromatic rings. The molecule has 0 aromatic heterocycles. The molecule has 0 saturated carbocycles. The lowest BCUT2D eigenvalue weighted by Crippen LogP contribution is -2.28. The van der Waals surface area contributed by atoms with E-state index in [2.05, 4.69) is 5.32 Å². The minimum atomic E-state index is -0.548. The van der Waals surface area contributed by atoms with Crippen LogP contribution in [0.15, 0.2) is 18.2 Å². The summed E-state index contributed by atoms with van der Waals surface area (Å²) in [7, 11) is 0. The van der Waals surface area contributed by atoms with Crippen molar-refractivity contribution in [2.45, 2.75) is 20.8 Å². The Hall–Kier alpha value is -1.58. The van der Waals surface area contributed by atoms with Crippen molar-refractivity contribution >= 4 is 17.3 Å². The third kappa shape index (κ3) is 2.94. The molecule has 0 bridgehead atoms. The monoisotopic (exact) mass is 210 g/mol. The van der Waals surface area contributed by atoms with Gasteiger partial charge in [-0.25, -0.2) is 4.39 Å². The molecular weight excluding hydrogens is 195 g/mol. The van der Waals surface area contributed by atoms with Gasteiger partial charge in [0.15, 0.2) is 0 Å². The average Bonchev–Trinajstić information content (AvgIpc) is 2.08. The van der Waals surface area contributed by atoms with Gasteiger partial charge < -0.3 is 11.1 Å². The Morgan fingerprint density at radius 3 is 2.47 bits per heavy atom. The van der Waals surface area contributed by atoms with Crippen molar-refractivity contribution in [1.82, 2.24) is 0 Å². The van der Waals surface area contributed by atoms with Crippen LogP contribution in [0.25, 0.3) is 0 Å². The first-order valence-corrected chi connectivity index (χ1v) is 4.67. The Labute approximate surface area is 88.5 Å². The average molecular weight is 210 g/mol. The smallest absolute Gasteiger partial charge is 0.229 e. The fourth-order valence-corrected chi connectivity index (χ4v) is 0.943. The quantitative estimate of drug-likeness (QED) is 0.699. The van der Waals surface area contributed by atoms with Crippen molar-refractivity contribution < 1.29 is 9.18 Å². The SMILES string of the molecule is CC(C)(C)C(=O)Nc1ccc(N)cc1F. The first kappa shape index (κ1) is 11.5. The largest absolute Gasteiger partial charge is 0.399 e. The van der Waals surface area contributed by atoms with E-state index in [4.69, 9.17) is 5.73 Å². The number of hydrogen-bond acceptors (Lipinski definition) is 2. The third-order valence-corrected chi connectivity index (χ3v) is 1.92. The summed E-state index contributed by atoms with van der Waals surface area (Å²) in [6.45, 7) is 5.28. The second-order valence-corrected chi connectivity index (χ2v) is 4.44. The molecule has 1 rings (SSSR count). The Morgan fingerprint density at radius 2 is 2.00 bits per heavy atom. The van der Waals surface area contributed by atoms with Gasteiger partial charge in [0, 0.05) is 11.1 Å². The van der Waals surface area contributed by atoms with Gasteiger partial charge in [0.2, 0.25) is 5.91 Å². The van der Waals surface area contributed by atoms with E-state index < -0.39 is 11.2 Å². The second-order valence-electron chi connectivity index (χ2n) is 4.44. The van der Waals surface area contributed by atoms with Crippen molar-refractivity contribution in [2.24, 2.45) is 5.41 Å². The minimum Gasteiger partial charge on any atom is -0.399 e. The zero-order valence-electron chi connectivity index (χ0n) is 9.10. The van der Waals surface area contributed by atoms with Crippen molar-refractivity contribution in [3.05, 3.63) is 24.0 Å². The summed E-state index contributed by atoms with van der Waals surface area (Å²) >= 11 is 0. The normalized spacial score (nSPS) is 11.2. The van der Waals surface area contributed by atoms with Crippen LogP contribution in [0, 0.1) is 11.2 Å². The molecule has 0 spiro atoms. The molecule has 0 aliphatic heterocycles. The van der Waals surface area contributed by atoms with Crippen LogP contribution in [0.5, 0.6) is 0 Å². The molecule has 3 N–H and O–H groups in total. The van der Waals surface area contributed by atoms with Crippen LogP contribution in [0.3, 0.4) is 0 Å². The number of halogens is 1. The first-order valence-electron chi connectivity index (χ1n) is 4.67. The molecule has 0 fully saturated rings. The van der Waals surface area contributed by atoms with Gasteiger partial charge in [-0.15, -0.1) is 0 Å². The molecule has 1 aromatic carbocycles. The van der Waals surface area contributed by atoms with Crippen LogP contribution in [0.4, 0.5) is 15.8 Å². The molecule has 0 aliphatic carbocycles. The number of amides is 1. The Balaban J connectivity index is 2.87. The summed E-state index contributed by atoms with van der Waals surface area (Å²) in [6, 6.07) is 4.17. The molecule has 0 heterocycles. The molecule has 4 heteroatoms. The van der Waals surface area contributed by atoms with Crippen LogP contribution >= 0.6 is 0 Å². The minimum absolute atomic E-state index is 0.157. The van der Waals surface area contributed by atoms with Gasteiger partial charge in [-0.05, 0) is 18.2 Å². The fraction of sp³-hybridized carbons (Fsp3) is 0.364. The van der Waals surface area contributed by atoms with Crippen molar-refractivity contribution in [1.29, 1.82) is 0 Å². The van der Waals surface area contributed by atoms with Crippen molar-refractivity contribution in [3.63, 3.8) is 0 Å². The molecule has 0 radical (unpaired) electrons. The van der Waals surface area contributed by atoms with Crippen LogP contribution in [0.1, 0.15) is 20.8 Å². The maximum Gasteiger partial charge on any atom is 0.229 e. The predicted octanol–water partition coefficient (Wildman–Crippen LogP) is 2.39. The lowest BCUT2D eigenvalue weighted by atomic mass is 9.95. The summed E-state index contributed by atoms with van der Waals surface area (Å²) in [5.41, 5.74) is 5.33. The highest BCUT2D eigenvalue weighted by molar-refractivity contribution is 5.94. The molecule has 0 aliphatic rings. The lowest BCUT2D eigenvalue weighted by Gasteiger charge is -2.17. The summed E-state index contributed by atoms with van der Waals surface area (Å²) in [4.78, 5) is 11.6. The zero-order chi connectivity index (χ0) is 11.6. The molecule has 1 amide bonds. The second kappa shape index (κ2) is 3.88. The number of carbonyl (C=O) groups is 1. The standard InChI is InChI=1S/C11H15FN2O/c1-11(2,3)10(15)14-9-5-4-7(13)6-8(9)12/h4-6H,13H2,1-3H3,(H,14,15). The number of nitrogens with two attached hydrogens (primary N) is 1. The van der Waals surface area contributed by atoms with E-state index in [1.807, 2.05) is 0 Å². The predicted molar refractivity (Wildman–Crippen MR) is 58.9 cm³/mol. The van der Waals surface area contributed by atoms with Crippen LogP contribution in [0.2, 0.25) is 0 Å². The van der Waals surface area contributed by atoms with Gasteiger partial charge in [-0.2, -0.15) is 0 Å². The van der Waals surface area contributed by atoms with Gasteiger partial charge >= 0.3 is 0 Å². The van der Waals surface area contributed by atoms with Gasteiger partial charge in [0.1, 0.15) is 5.82 Å². The molecule has 0 unspecified atom stereocenters. The third-order valence-electron chi connectivity index (χ3n) is 1.92. The highest BCUT2D eigenvalue weighted by atomic mass is 19.1. The van der Waals surface area contributed by atoms with E-state index in [0.717, 1.165) is 0 Å². The van der Waals surface area contributed by atoms with Gasteiger partial charge in [0.25, 0.3) is 0 Å². The van der Waals surface area contributed by atoms with E-state index in [9.17, 15) is 9.18 Å². The topological polar surface area (TPSA) is 55.1 Å². The van der Waals surface area contributed by atoms with Crippen LogP contribution in [-0.2, 0) is 4.79 Å². The molecule has 3 nitrogen and oxygen atoms in total. The Morgan fingerprint density at radius 1 is 1.40 bits per heavy atom. The number of carbonyl (C=O) groups excluding carboxylic acids is 1. The van der Waals surface area contributed by atoms with Gasteiger partial charge in [-0.1, -0.05) is 20.8 Å². The maximum atomic E-state index is 13.3. The molecule has 82 valence electrons. The summed E-state index contributed by atoms with van der Waals surface area (Å²) in [5, 5.41) is 2.51. The van der Waals surface area contributed by atoms with Crippen LogP contribution in [-0.4, -0.2) is 5.91 Å². The highest BCUT2D eigenvalue weighted by Crippen LogP contribution is 2.21. The van der Waals surface area contributed by atoms with Gasteiger partial charge in [0.05, 0.1) is 5.69 Å². The zero-order valence-corrected chi connectivity index (χ0v) is 9.10. The number of benzene rings is 1. The Kier molecular flexibility index (Phi) is 2.98. The van der Waals surface area contributed by atoms with E-state index in [-0.39, 0.29) is 11.6 Å². The number of anilines is 2. The first-order chi connectivity index (χ1) is 6.80. The molecule has 0 saturated heterocycles. The molecular formula is C11H15FN2O. The Bertz CT molecular complexity index is 383. The van der Waals surface area contributed by atoms with E-state index in [0.29, 0.717) is 5.69 Å². The summed E-state index contributed by atoms with van der Waals surface area (Å²) in [6.07, 6.45) is 0. The van der Waals surface area contributed by atoms with Crippen molar-refractivity contribution in [2.75, 3.05) is 11.1 Å². The number of hydrogen-bond donors (Lipinski definition) is 2. The number of rotatable bonds is 1. The molecule has 0 atom stereocenters. The summed E-state index contributed by atoms with van der Waals surface area (Å²) < 4.78 is 13.3. The lowest BCUT2D eigenvalue weighted by molar-refractivity contribution is -0.123. The highest BCUT2D eigenvalue weighted by Gasteiger charge is 2.22. The molecule has 15 heavy (non-hydrogen) atoms.